The molecular weight excluding hydrogens is 298 g/mol. The Morgan fingerprint density at radius 1 is 1.41 bits per heavy atom. The van der Waals surface area contributed by atoms with Crippen LogP contribution in [0.2, 0.25) is 0 Å². The molecule has 0 bridgehead atoms. The molecule has 0 aromatic carbocycles. The number of carbonyl (C=O) groups excluding carboxylic acids is 1. The van der Waals surface area contributed by atoms with E-state index >= 15 is 0 Å². The second-order valence-electron chi connectivity index (χ2n) is 5.32. The van der Waals surface area contributed by atoms with Crippen LogP contribution >= 0.6 is 11.3 Å². The topological polar surface area (TPSA) is 74.2 Å². The highest BCUT2D eigenvalue weighted by molar-refractivity contribution is 7.10. The molecule has 0 aliphatic heterocycles. The zero-order valence-corrected chi connectivity index (χ0v) is 13.6. The number of aromatic nitrogens is 1. The van der Waals surface area contributed by atoms with E-state index in [2.05, 4.69) is 15.6 Å². The highest BCUT2D eigenvalue weighted by Gasteiger charge is 2.25. The first kappa shape index (κ1) is 16.5. The minimum absolute atomic E-state index is 0.0744. The monoisotopic (exact) mass is 319 g/mol. The maximum absolute atomic E-state index is 12.1. The van der Waals surface area contributed by atoms with Crippen LogP contribution in [0.4, 0.5) is 4.79 Å². The van der Waals surface area contributed by atoms with Crippen molar-refractivity contribution < 1.29 is 9.90 Å². The van der Waals surface area contributed by atoms with Gasteiger partial charge in [0.15, 0.2) is 0 Å². The lowest BCUT2D eigenvalue weighted by Crippen LogP contribution is -2.44. The van der Waals surface area contributed by atoms with Crippen LogP contribution in [0.15, 0.2) is 42.0 Å². The maximum Gasteiger partial charge on any atom is 0.315 e. The Hall–Kier alpha value is -1.92. The van der Waals surface area contributed by atoms with Crippen molar-refractivity contribution in [2.24, 2.45) is 0 Å². The van der Waals surface area contributed by atoms with E-state index in [-0.39, 0.29) is 18.6 Å². The molecule has 0 spiro atoms. The van der Waals surface area contributed by atoms with Gasteiger partial charge in [-0.1, -0.05) is 13.0 Å². The van der Waals surface area contributed by atoms with E-state index in [0.29, 0.717) is 0 Å². The van der Waals surface area contributed by atoms with Crippen LogP contribution in [0.25, 0.3) is 0 Å². The molecule has 0 saturated carbocycles. The molecule has 118 valence electrons. The van der Waals surface area contributed by atoms with Crippen molar-refractivity contribution in [1.82, 2.24) is 15.6 Å². The molecule has 2 amide bonds. The van der Waals surface area contributed by atoms with Gasteiger partial charge in [0, 0.05) is 17.3 Å². The molecule has 0 saturated heterocycles. The molecule has 2 heterocycles. The van der Waals surface area contributed by atoms with E-state index in [0.717, 1.165) is 16.9 Å². The first-order valence-electron chi connectivity index (χ1n) is 7.23. The van der Waals surface area contributed by atoms with Crippen LogP contribution in [-0.2, 0) is 5.60 Å². The largest absolute Gasteiger partial charge is 0.383 e. The number of pyridine rings is 1. The molecule has 5 nitrogen and oxygen atoms in total. The highest BCUT2D eigenvalue weighted by atomic mass is 32.1. The van der Waals surface area contributed by atoms with Crippen LogP contribution in [0.3, 0.4) is 0 Å². The molecule has 22 heavy (non-hydrogen) atoms. The Kier molecular flexibility index (Phi) is 5.51. The fourth-order valence-electron chi connectivity index (χ4n) is 2.15. The third-order valence-corrected chi connectivity index (χ3v) is 4.59. The van der Waals surface area contributed by atoms with Crippen molar-refractivity contribution in [2.45, 2.75) is 31.9 Å². The SMILES string of the molecule is CCC(NC(=O)NCC(C)(O)c1cccs1)c1ccncc1. The number of thiophene rings is 1. The summed E-state index contributed by atoms with van der Waals surface area (Å²) in [5.41, 5.74) is -0.0539. The predicted molar refractivity (Wildman–Crippen MR) is 87.7 cm³/mol. The lowest BCUT2D eigenvalue weighted by atomic mass is 10.1. The van der Waals surface area contributed by atoms with Crippen molar-refractivity contribution in [2.75, 3.05) is 6.54 Å². The number of urea groups is 1. The van der Waals surface area contributed by atoms with Gasteiger partial charge in [-0.05, 0) is 42.5 Å². The van der Waals surface area contributed by atoms with Gasteiger partial charge in [0.05, 0.1) is 12.6 Å². The van der Waals surface area contributed by atoms with Gasteiger partial charge in [-0.3, -0.25) is 4.98 Å². The van der Waals surface area contributed by atoms with Crippen molar-refractivity contribution in [1.29, 1.82) is 0 Å². The zero-order valence-electron chi connectivity index (χ0n) is 12.7. The normalized spacial score (nSPS) is 14.9. The Morgan fingerprint density at radius 3 is 2.73 bits per heavy atom. The summed E-state index contributed by atoms with van der Waals surface area (Å²) in [5.74, 6) is 0. The van der Waals surface area contributed by atoms with E-state index in [9.17, 15) is 9.90 Å². The van der Waals surface area contributed by atoms with Crippen LogP contribution in [0.5, 0.6) is 0 Å². The molecular formula is C16H21N3O2S. The number of rotatable bonds is 6. The number of aliphatic hydroxyl groups is 1. The Bertz CT molecular complexity index is 585. The number of amides is 2. The van der Waals surface area contributed by atoms with Gasteiger partial charge in [-0.25, -0.2) is 4.79 Å². The molecule has 0 aliphatic rings. The van der Waals surface area contributed by atoms with E-state index < -0.39 is 5.60 Å². The fourth-order valence-corrected chi connectivity index (χ4v) is 2.94. The third-order valence-electron chi connectivity index (χ3n) is 3.47. The fraction of sp³-hybridized carbons (Fsp3) is 0.375. The van der Waals surface area contributed by atoms with Gasteiger partial charge >= 0.3 is 6.03 Å². The average molecular weight is 319 g/mol. The Balaban J connectivity index is 1.90. The smallest absolute Gasteiger partial charge is 0.315 e. The van der Waals surface area contributed by atoms with E-state index in [4.69, 9.17) is 0 Å². The molecule has 0 radical (unpaired) electrons. The van der Waals surface area contributed by atoms with E-state index in [1.165, 1.54) is 11.3 Å². The average Bonchev–Trinajstić information content (AvgIpc) is 3.07. The predicted octanol–water partition coefficient (Wildman–Crippen LogP) is 2.80. The molecule has 2 aromatic rings. The minimum Gasteiger partial charge on any atom is -0.383 e. The summed E-state index contributed by atoms with van der Waals surface area (Å²) in [7, 11) is 0. The van der Waals surface area contributed by atoms with E-state index in [1.807, 2.05) is 36.6 Å². The van der Waals surface area contributed by atoms with Crippen molar-refractivity contribution in [3.8, 4) is 0 Å². The number of hydrogen-bond acceptors (Lipinski definition) is 4. The first-order valence-corrected chi connectivity index (χ1v) is 8.11. The molecule has 2 unspecified atom stereocenters. The van der Waals surface area contributed by atoms with Gasteiger partial charge < -0.3 is 15.7 Å². The van der Waals surface area contributed by atoms with Crippen molar-refractivity contribution in [3.05, 3.63) is 52.5 Å². The summed E-state index contributed by atoms with van der Waals surface area (Å²) in [6.07, 6.45) is 4.19. The summed E-state index contributed by atoms with van der Waals surface area (Å²) in [5, 5.41) is 17.9. The second-order valence-corrected chi connectivity index (χ2v) is 6.27. The minimum atomic E-state index is -1.07. The summed E-state index contributed by atoms with van der Waals surface area (Å²) >= 11 is 1.47. The molecule has 0 aliphatic carbocycles. The van der Waals surface area contributed by atoms with Gasteiger partial charge in [0.1, 0.15) is 5.60 Å². The quantitative estimate of drug-likeness (QED) is 0.766. The molecule has 2 aromatic heterocycles. The number of nitrogens with zero attached hydrogens (tertiary/aromatic N) is 1. The third kappa shape index (κ3) is 4.29. The van der Waals surface area contributed by atoms with Gasteiger partial charge in [0.2, 0.25) is 0 Å². The number of carbonyl (C=O) groups is 1. The Labute approximate surface area is 134 Å². The van der Waals surface area contributed by atoms with Crippen LogP contribution < -0.4 is 10.6 Å². The number of hydrogen-bond donors (Lipinski definition) is 3. The van der Waals surface area contributed by atoms with Gasteiger partial charge in [0.25, 0.3) is 0 Å². The molecule has 0 fully saturated rings. The van der Waals surface area contributed by atoms with Crippen LogP contribution in [0, 0.1) is 0 Å². The zero-order chi connectivity index (χ0) is 16.0. The van der Waals surface area contributed by atoms with Gasteiger partial charge in [-0.2, -0.15) is 0 Å². The summed E-state index contributed by atoms with van der Waals surface area (Å²) in [4.78, 5) is 16.9. The highest BCUT2D eigenvalue weighted by Crippen LogP contribution is 2.24. The Morgan fingerprint density at radius 2 is 2.14 bits per heavy atom. The lowest BCUT2D eigenvalue weighted by Gasteiger charge is -2.24. The summed E-state index contributed by atoms with van der Waals surface area (Å²) in [6, 6.07) is 7.14. The van der Waals surface area contributed by atoms with Crippen molar-refractivity contribution in [3.63, 3.8) is 0 Å². The molecule has 2 atom stereocenters. The van der Waals surface area contributed by atoms with Crippen molar-refractivity contribution >= 4 is 17.4 Å². The van der Waals surface area contributed by atoms with Gasteiger partial charge in [-0.15, -0.1) is 11.3 Å². The lowest BCUT2D eigenvalue weighted by molar-refractivity contribution is 0.0630. The number of nitrogens with one attached hydrogen (secondary N) is 2. The molecule has 3 N–H and O–H groups in total. The summed E-state index contributed by atoms with van der Waals surface area (Å²) < 4.78 is 0. The second kappa shape index (κ2) is 7.38. The molecule has 2 rings (SSSR count). The van der Waals surface area contributed by atoms with Crippen LogP contribution in [0.1, 0.15) is 36.8 Å². The summed E-state index contributed by atoms with van der Waals surface area (Å²) in [6.45, 7) is 3.86. The van der Waals surface area contributed by atoms with Crippen LogP contribution in [-0.4, -0.2) is 22.7 Å². The molecule has 6 heteroatoms. The maximum atomic E-state index is 12.1. The standard InChI is InChI=1S/C16H21N3O2S/c1-3-13(12-6-8-17-9-7-12)19-15(20)18-11-16(2,21)14-5-4-10-22-14/h4-10,13,21H,3,11H2,1-2H3,(H2,18,19,20). The van der Waals surface area contributed by atoms with E-state index in [1.54, 1.807) is 19.3 Å². The first-order chi connectivity index (χ1) is 10.5.